The van der Waals surface area contributed by atoms with Gasteiger partial charge in [-0.2, -0.15) is 0 Å². The summed E-state index contributed by atoms with van der Waals surface area (Å²) >= 11 is 0. The maximum absolute atomic E-state index is 15.3. The monoisotopic (exact) mass is 1740 g/mol. The van der Waals surface area contributed by atoms with E-state index >= 15 is 9.59 Å². The van der Waals surface area contributed by atoms with Crippen LogP contribution in [0.5, 0.6) is 17.2 Å². The zero-order valence-electron chi connectivity index (χ0n) is 75.1. The van der Waals surface area contributed by atoms with Crippen molar-refractivity contribution in [3.8, 4) is 17.2 Å². The minimum Gasteiger partial charge on any atom is -0.508 e. The number of hydrogen-bond acceptors (Lipinski definition) is 23. The zero-order valence-corrected chi connectivity index (χ0v) is 75.1. The number of hydrogen-bond donors (Lipinski definition) is 7. The van der Waals surface area contributed by atoms with Crippen LogP contribution in [0.4, 0.5) is 0 Å². The van der Waals surface area contributed by atoms with Crippen molar-refractivity contribution in [2.24, 2.45) is 51.8 Å². The molecule has 32 nitrogen and oxygen atoms in total. The van der Waals surface area contributed by atoms with Gasteiger partial charge in [0.1, 0.15) is 51.1 Å². The number of benzene rings is 3. The predicted molar refractivity (Wildman–Crippen MR) is 465 cm³/mol. The minimum atomic E-state index is -1.27. The number of fused-ring (bicyclic) bond motifs is 15. The molecule has 15 rings (SSSR count). The highest BCUT2D eigenvalue weighted by atomic mass is 16.5. The first-order chi connectivity index (χ1) is 60.6. The van der Waals surface area contributed by atoms with Crippen LogP contribution < -0.4 is 5.32 Å². The fraction of sp³-hybridized carbons (Fsp3) is 0.681. The molecule has 0 bridgehead atoms. The van der Waals surface area contributed by atoms with Crippen LogP contribution in [-0.4, -0.2) is 287 Å². The molecular weight excluding hydrogens is 1610 g/mol. The van der Waals surface area contributed by atoms with Crippen LogP contribution in [0.15, 0.2) is 73.2 Å². The molecule has 15 atom stereocenters. The van der Waals surface area contributed by atoms with E-state index in [0.717, 1.165) is 96.3 Å². The van der Waals surface area contributed by atoms with Gasteiger partial charge in [0.15, 0.2) is 0 Å². The number of phenolic OH excluding ortho intramolecular Hbond substituents is 3. The Morgan fingerprint density at radius 1 is 0.405 bits per heavy atom. The molecule has 6 amide bonds. The number of ether oxygens (including phenoxy) is 4. The molecule has 9 aliphatic rings. The van der Waals surface area contributed by atoms with E-state index in [0.29, 0.717) is 134 Å². The highest BCUT2D eigenvalue weighted by Gasteiger charge is 2.66. The van der Waals surface area contributed by atoms with E-state index in [2.05, 4.69) is 75.2 Å². The molecule has 7 N–H and O–H groups in total. The molecule has 6 aromatic rings. The Labute approximate surface area is 739 Å². The number of aromatic nitrogens is 9. The average molecular weight is 1740 g/mol. The summed E-state index contributed by atoms with van der Waals surface area (Å²) in [6.07, 6.45) is 21.9. The minimum absolute atomic E-state index is 0.0140. The summed E-state index contributed by atoms with van der Waals surface area (Å²) in [4.78, 5) is 96.6. The third-order valence-electron chi connectivity index (χ3n) is 32.3. The molecule has 686 valence electrons. The lowest BCUT2D eigenvalue weighted by atomic mass is 9.53. The number of nitrogens with zero attached hydrogens (tertiary/aromatic N) is 15. The number of methoxy groups -OCH3 is 4. The Hall–Kier alpha value is -9.02. The number of phenols is 3. The number of carbonyl (C=O) groups is 6. The normalized spacial score (nSPS) is 28.4. The lowest BCUT2D eigenvalue weighted by molar-refractivity contribution is -0.148. The van der Waals surface area contributed by atoms with Gasteiger partial charge in [-0.15, -0.1) is 15.3 Å². The maximum Gasteiger partial charge on any atom is 0.242 e. The summed E-state index contributed by atoms with van der Waals surface area (Å²) in [5.41, 5.74) is 4.37. The number of aliphatic hydroxyl groups is 3. The molecular formula is C94H134N16O16. The second-order valence-corrected chi connectivity index (χ2v) is 38.7. The van der Waals surface area contributed by atoms with Crippen molar-refractivity contribution in [3.63, 3.8) is 0 Å². The van der Waals surface area contributed by atoms with E-state index in [1.807, 2.05) is 30.6 Å². The quantitative estimate of drug-likeness (QED) is 0.0188. The summed E-state index contributed by atoms with van der Waals surface area (Å²) < 4.78 is 27.0. The summed E-state index contributed by atoms with van der Waals surface area (Å²) in [6.45, 7) is 6.14. The standard InChI is InChI=1S/C94H134N16O16/c1-89-30-24-71-68-21-15-65(111)50-62(68)12-18-74(71)77(89)27-33-92(89,120)80-54-108(99-96-80)39-9-36-95-53-83(114)104(42-46-123-5)59-87(118)106(44-48-125-7)60-85(116)103(38-11-41-110-56-82(98-101-110)94(122)35-29-79-76-20-14-64-52-67(113)17-23-70(64)73(76)26-32-91(79,94)3)58-86(117)107(45-49-126-8)61-88(119)105(43-47-124-6)57-84(115)102(4)37-10-40-109-55-81(97-100-109)93(121)34-28-78-75-19-13-63-51-66(112)16-22-69(63)72(75)25-31-90(78,93)2/h15-17,21-23,50-52,54-56,71-79,95,111-113,120-122H,9-14,18-20,24-49,53,57-61H2,1-8H3. The van der Waals surface area contributed by atoms with Crippen LogP contribution >= 0.6 is 0 Å². The van der Waals surface area contributed by atoms with E-state index in [4.69, 9.17) is 18.9 Å². The maximum atomic E-state index is 15.3. The average Bonchev–Trinajstić information content (AvgIpc) is 1.55. The molecule has 126 heavy (non-hydrogen) atoms. The van der Waals surface area contributed by atoms with Crippen LogP contribution in [0, 0.1) is 51.8 Å². The van der Waals surface area contributed by atoms with Gasteiger partial charge in [0.2, 0.25) is 35.4 Å². The van der Waals surface area contributed by atoms with E-state index in [-0.39, 0.29) is 114 Å². The van der Waals surface area contributed by atoms with Crippen molar-refractivity contribution in [1.82, 2.24) is 79.7 Å². The molecule has 0 radical (unpaired) electrons. The van der Waals surface area contributed by atoms with Crippen molar-refractivity contribution in [2.45, 2.75) is 210 Å². The topological polar surface area (TPSA) is 384 Å². The Bertz CT molecular complexity index is 4850. The van der Waals surface area contributed by atoms with Gasteiger partial charge in [0.05, 0.1) is 84.3 Å². The third kappa shape index (κ3) is 18.1. The van der Waals surface area contributed by atoms with Gasteiger partial charge in [0, 0.05) is 111 Å². The number of nitrogens with one attached hydrogen (secondary N) is 1. The van der Waals surface area contributed by atoms with Gasteiger partial charge in [0.25, 0.3) is 0 Å². The first-order valence-corrected chi connectivity index (χ1v) is 46.2. The second kappa shape index (κ2) is 38.7. The summed E-state index contributed by atoms with van der Waals surface area (Å²) in [5, 5.41) is 99.6. The van der Waals surface area contributed by atoms with E-state index in [1.54, 1.807) is 50.4 Å². The number of aromatic hydroxyl groups is 3. The summed E-state index contributed by atoms with van der Waals surface area (Å²) in [6, 6.07) is 17.3. The highest BCUT2D eigenvalue weighted by Crippen LogP contribution is 2.70. The van der Waals surface area contributed by atoms with Gasteiger partial charge in [-0.3, -0.25) is 42.8 Å². The number of likely N-dealkylation sites (N-methyl/N-ethyl adjacent to an activating group) is 1. The summed E-state index contributed by atoms with van der Waals surface area (Å²) in [7, 11) is 7.58. The molecule has 0 aliphatic heterocycles. The SMILES string of the molecule is COCCN(CC(=O)N(C)CCCn1cc(C2(O)CCC3C4CCc5cc(O)ccc5C4CCC32C)nn1)C(=O)CN(CCOC)C(=O)CN(CCCn1cc(C2(O)CCC3C4CCc5cc(O)ccc5C4CCC32C)nn1)C(=O)CN(CCOC)C(=O)CN(CCOC)C(=O)CNCCCn1cc(C2(O)CCC3C4CCc5cc(O)ccc5C4CCC32C)nn1. The van der Waals surface area contributed by atoms with Gasteiger partial charge in [-0.05, 0) is 264 Å². The largest absolute Gasteiger partial charge is 0.508 e. The Morgan fingerprint density at radius 3 is 1.06 bits per heavy atom. The van der Waals surface area contributed by atoms with Crippen LogP contribution in [0.3, 0.4) is 0 Å². The molecule has 3 aromatic carbocycles. The molecule has 9 aliphatic carbocycles. The molecule has 3 heterocycles. The van der Waals surface area contributed by atoms with Crippen LogP contribution in [-0.2, 0) is 103 Å². The first kappa shape index (κ1) is 91.7. The summed E-state index contributed by atoms with van der Waals surface area (Å²) in [5.74, 6) is 0.946. The Balaban J connectivity index is 0.581. The predicted octanol–water partition coefficient (Wildman–Crippen LogP) is 7.16. The smallest absolute Gasteiger partial charge is 0.242 e. The van der Waals surface area contributed by atoms with Crippen molar-refractivity contribution < 1.29 is 78.4 Å². The van der Waals surface area contributed by atoms with Crippen LogP contribution in [0.1, 0.15) is 205 Å². The van der Waals surface area contributed by atoms with Crippen molar-refractivity contribution >= 4 is 35.4 Å². The molecule has 6 saturated carbocycles. The van der Waals surface area contributed by atoms with E-state index < -0.39 is 77.4 Å². The molecule has 0 spiro atoms. The fourth-order valence-corrected chi connectivity index (χ4v) is 25.1. The highest BCUT2D eigenvalue weighted by molar-refractivity contribution is 5.92. The number of aryl methyl sites for hydroxylation is 6. The van der Waals surface area contributed by atoms with Crippen molar-refractivity contribution in [3.05, 3.63) is 124 Å². The van der Waals surface area contributed by atoms with Gasteiger partial charge < -0.3 is 84.3 Å². The molecule has 15 unspecified atom stereocenters. The van der Waals surface area contributed by atoms with Gasteiger partial charge in [-0.1, -0.05) is 54.6 Å². The molecule has 6 fully saturated rings. The molecule has 3 aromatic heterocycles. The lowest BCUT2D eigenvalue weighted by Crippen LogP contribution is -2.53. The molecule has 32 heteroatoms. The number of rotatable bonds is 39. The van der Waals surface area contributed by atoms with Gasteiger partial charge in [-0.25, -0.2) is 0 Å². The third-order valence-corrected chi connectivity index (χ3v) is 32.3. The second-order valence-electron chi connectivity index (χ2n) is 38.7. The number of carbonyl (C=O) groups excluding carboxylic acids is 6. The van der Waals surface area contributed by atoms with Crippen molar-refractivity contribution in [2.75, 3.05) is 147 Å². The molecule has 0 saturated heterocycles. The van der Waals surface area contributed by atoms with E-state index in [1.165, 1.54) is 86.3 Å². The lowest BCUT2D eigenvalue weighted by Gasteiger charge is -2.52. The Kier molecular flexibility index (Phi) is 28.2. The van der Waals surface area contributed by atoms with Crippen molar-refractivity contribution in [1.29, 1.82) is 0 Å². The van der Waals surface area contributed by atoms with Gasteiger partial charge >= 0.3 is 0 Å². The van der Waals surface area contributed by atoms with Crippen LogP contribution in [0.2, 0.25) is 0 Å². The fourth-order valence-electron chi connectivity index (χ4n) is 25.1. The van der Waals surface area contributed by atoms with E-state index in [9.17, 15) is 49.8 Å². The van der Waals surface area contributed by atoms with Crippen LogP contribution in [0.25, 0.3) is 0 Å². The number of amides is 6. The zero-order chi connectivity index (χ0) is 89.0. The Morgan fingerprint density at radius 2 is 0.714 bits per heavy atom. The first-order valence-electron chi connectivity index (χ1n) is 46.2.